The van der Waals surface area contributed by atoms with Gasteiger partial charge in [-0.05, 0) is 11.6 Å². The maximum absolute atomic E-state index is 10.9. The smallest absolute Gasteiger partial charge is 0.354 e. The van der Waals surface area contributed by atoms with E-state index in [1.807, 2.05) is 30.3 Å². The zero-order valence-electron chi connectivity index (χ0n) is 10.3. The lowest BCUT2D eigenvalue weighted by atomic mass is 10.1. The van der Waals surface area contributed by atoms with Crippen molar-refractivity contribution in [1.29, 1.82) is 0 Å². The van der Waals surface area contributed by atoms with Crippen molar-refractivity contribution in [3.8, 4) is 17.1 Å². The molecule has 0 unspecified atom stereocenters. The molecule has 0 fully saturated rings. The maximum Gasteiger partial charge on any atom is 0.354 e. The summed E-state index contributed by atoms with van der Waals surface area (Å²) in [6.45, 7) is 0. The first-order valence-corrected chi connectivity index (χ1v) is 5.91. The van der Waals surface area contributed by atoms with Gasteiger partial charge in [-0.15, -0.1) is 0 Å². The van der Waals surface area contributed by atoms with Gasteiger partial charge in [0, 0.05) is 18.0 Å². The van der Waals surface area contributed by atoms with Crippen molar-refractivity contribution < 1.29 is 9.90 Å². The summed E-state index contributed by atoms with van der Waals surface area (Å²) in [5, 5.41) is 13.1. The highest BCUT2D eigenvalue weighted by Gasteiger charge is 2.09. The molecule has 0 radical (unpaired) electrons. The number of aromatic nitrogens is 4. The Hall–Kier alpha value is -3.02. The van der Waals surface area contributed by atoms with E-state index in [0.717, 1.165) is 11.1 Å². The molecule has 0 amide bonds. The molecule has 6 nitrogen and oxygen atoms in total. The Morgan fingerprint density at radius 3 is 2.65 bits per heavy atom. The quantitative estimate of drug-likeness (QED) is 0.784. The molecule has 2 heterocycles. The summed E-state index contributed by atoms with van der Waals surface area (Å²) in [6, 6.07) is 11.1. The molecule has 1 aromatic carbocycles. The van der Waals surface area contributed by atoms with Crippen LogP contribution in [-0.4, -0.2) is 30.8 Å². The number of rotatable bonds is 3. The minimum atomic E-state index is -1.09. The summed E-state index contributed by atoms with van der Waals surface area (Å²) in [7, 11) is 0. The van der Waals surface area contributed by atoms with Gasteiger partial charge in [-0.25, -0.2) is 19.4 Å². The third-order valence-corrected chi connectivity index (χ3v) is 2.76. The van der Waals surface area contributed by atoms with Gasteiger partial charge < -0.3 is 5.11 Å². The summed E-state index contributed by atoms with van der Waals surface area (Å²) in [5.74, 6) is -0.865. The van der Waals surface area contributed by atoms with Crippen molar-refractivity contribution in [1.82, 2.24) is 19.7 Å². The number of carboxylic acid groups (broad SMARTS) is 1. The summed E-state index contributed by atoms with van der Waals surface area (Å²) >= 11 is 0. The average molecular weight is 266 g/mol. The molecule has 2 aromatic heterocycles. The molecule has 0 aliphatic rings. The predicted molar refractivity (Wildman–Crippen MR) is 71.5 cm³/mol. The number of hydrogen-bond acceptors (Lipinski definition) is 4. The van der Waals surface area contributed by atoms with Gasteiger partial charge in [0.25, 0.3) is 5.95 Å². The van der Waals surface area contributed by atoms with Crippen LogP contribution in [0.3, 0.4) is 0 Å². The van der Waals surface area contributed by atoms with Gasteiger partial charge >= 0.3 is 5.97 Å². The summed E-state index contributed by atoms with van der Waals surface area (Å²) in [5.41, 5.74) is 1.87. The van der Waals surface area contributed by atoms with Gasteiger partial charge in [-0.1, -0.05) is 30.3 Å². The fourth-order valence-electron chi connectivity index (χ4n) is 1.79. The van der Waals surface area contributed by atoms with Crippen LogP contribution in [0.25, 0.3) is 17.1 Å². The summed E-state index contributed by atoms with van der Waals surface area (Å²) in [4.78, 5) is 18.9. The SMILES string of the molecule is O=C(O)c1ccnc(-n2cc(-c3ccccc3)cn2)n1. The van der Waals surface area contributed by atoms with Crippen molar-refractivity contribution in [2.24, 2.45) is 0 Å². The van der Waals surface area contributed by atoms with Gasteiger partial charge in [0.1, 0.15) is 0 Å². The highest BCUT2D eigenvalue weighted by atomic mass is 16.4. The van der Waals surface area contributed by atoms with E-state index in [1.165, 1.54) is 16.9 Å². The van der Waals surface area contributed by atoms with Crippen LogP contribution in [0.4, 0.5) is 0 Å². The number of benzene rings is 1. The number of hydrogen-bond donors (Lipinski definition) is 1. The lowest BCUT2D eigenvalue weighted by Crippen LogP contribution is -2.07. The minimum Gasteiger partial charge on any atom is -0.477 e. The zero-order chi connectivity index (χ0) is 13.9. The summed E-state index contributed by atoms with van der Waals surface area (Å²) < 4.78 is 1.45. The molecule has 1 N–H and O–H groups in total. The third-order valence-electron chi connectivity index (χ3n) is 2.76. The van der Waals surface area contributed by atoms with Gasteiger partial charge in [0.05, 0.1) is 6.20 Å². The van der Waals surface area contributed by atoms with Crippen LogP contribution in [-0.2, 0) is 0 Å². The topological polar surface area (TPSA) is 80.9 Å². The molecule has 0 bridgehead atoms. The Labute approximate surface area is 114 Å². The lowest BCUT2D eigenvalue weighted by Gasteiger charge is -1.99. The number of aromatic carboxylic acids is 1. The largest absolute Gasteiger partial charge is 0.477 e. The fraction of sp³-hybridized carbons (Fsp3) is 0. The van der Waals surface area contributed by atoms with E-state index in [4.69, 9.17) is 5.11 Å². The summed E-state index contributed by atoms with van der Waals surface area (Å²) in [6.07, 6.45) is 4.85. The molecule has 98 valence electrons. The first-order valence-electron chi connectivity index (χ1n) is 5.91. The minimum absolute atomic E-state index is 0.0632. The average Bonchev–Trinajstić information content (AvgIpc) is 2.98. The van der Waals surface area contributed by atoms with Crippen LogP contribution < -0.4 is 0 Å². The number of carbonyl (C=O) groups is 1. The van der Waals surface area contributed by atoms with Crippen LogP contribution in [0.5, 0.6) is 0 Å². The molecule has 6 heteroatoms. The van der Waals surface area contributed by atoms with E-state index >= 15 is 0 Å². The van der Waals surface area contributed by atoms with Crippen LogP contribution in [0, 0.1) is 0 Å². The molecule has 0 saturated heterocycles. The second-order valence-corrected chi connectivity index (χ2v) is 4.09. The molecule has 0 atom stereocenters. The van der Waals surface area contributed by atoms with E-state index in [9.17, 15) is 4.79 Å². The third kappa shape index (κ3) is 2.26. The molecule has 0 aliphatic heterocycles. The molecule has 0 aliphatic carbocycles. The molecule has 3 aromatic rings. The number of nitrogens with zero attached hydrogens (tertiary/aromatic N) is 4. The van der Waals surface area contributed by atoms with Crippen LogP contribution in [0.1, 0.15) is 10.5 Å². The van der Waals surface area contributed by atoms with Gasteiger partial charge in [-0.3, -0.25) is 0 Å². The first-order chi connectivity index (χ1) is 9.74. The molecular weight excluding hydrogens is 256 g/mol. The Kier molecular flexibility index (Phi) is 2.96. The highest BCUT2D eigenvalue weighted by molar-refractivity contribution is 5.85. The molecule has 0 saturated carbocycles. The van der Waals surface area contributed by atoms with E-state index in [0.29, 0.717) is 0 Å². The Morgan fingerprint density at radius 2 is 1.90 bits per heavy atom. The van der Waals surface area contributed by atoms with Gasteiger partial charge in [0.2, 0.25) is 0 Å². The van der Waals surface area contributed by atoms with E-state index < -0.39 is 5.97 Å². The molecule has 0 spiro atoms. The van der Waals surface area contributed by atoms with Crippen LogP contribution >= 0.6 is 0 Å². The molecule has 3 rings (SSSR count). The lowest BCUT2D eigenvalue weighted by molar-refractivity contribution is 0.0690. The Morgan fingerprint density at radius 1 is 1.10 bits per heavy atom. The second-order valence-electron chi connectivity index (χ2n) is 4.09. The predicted octanol–water partition coefficient (Wildman–Crippen LogP) is 2.03. The van der Waals surface area contributed by atoms with E-state index in [1.54, 1.807) is 12.4 Å². The van der Waals surface area contributed by atoms with Crippen molar-refractivity contribution >= 4 is 5.97 Å². The first kappa shape index (κ1) is 12.0. The molecule has 20 heavy (non-hydrogen) atoms. The van der Waals surface area contributed by atoms with Crippen molar-refractivity contribution in [2.75, 3.05) is 0 Å². The standard InChI is InChI=1S/C14H10N4O2/c19-13(20)12-6-7-15-14(17-12)18-9-11(8-16-18)10-4-2-1-3-5-10/h1-9H,(H,19,20). The van der Waals surface area contributed by atoms with E-state index in [-0.39, 0.29) is 11.6 Å². The van der Waals surface area contributed by atoms with Crippen LogP contribution in [0.15, 0.2) is 55.0 Å². The highest BCUT2D eigenvalue weighted by Crippen LogP contribution is 2.18. The number of carboxylic acids is 1. The fourth-order valence-corrected chi connectivity index (χ4v) is 1.79. The van der Waals surface area contributed by atoms with Gasteiger partial charge in [0.15, 0.2) is 5.69 Å². The van der Waals surface area contributed by atoms with Crippen molar-refractivity contribution in [3.63, 3.8) is 0 Å². The monoisotopic (exact) mass is 266 g/mol. The van der Waals surface area contributed by atoms with Crippen molar-refractivity contribution in [3.05, 3.63) is 60.7 Å². The second kappa shape index (κ2) is 4.93. The molecular formula is C14H10N4O2. The Balaban J connectivity index is 1.98. The van der Waals surface area contributed by atoms with Gasteiger partial charge in [-0.2, -0.15) is 5.10 Å². The van der Waals surface area contributed by atoms with E-state index in [2.05, 4.69) is 15.1 Å². The normalized spacial score (nSPS) is 10.4. The maximum atomic E-state index is 10.9. The van der Waals surface area contributed by atoms with Crippen molar-refractivity contribution in [2.45, 2.75) is 0 Å². The Bertz CT molecular complexity index is 753. The van der Waals surface area contributed by atoms with Crippen LogP contribution in [0.2, 0.25) is 0 Å². The zero-order valence-corrected chi connectivity index (χ0v) is 10.3.